The van der Waals surface area contributed by atoms with E-state index in [1.165, 1.54) is 17.0 Å². The van der Waals surface area contributed by atoms with Gasteiger partial charge in [0.05, 0.1) is 11.6 Å². The Morgan fingerprint density at radius 1 is 1.29 bits per heavy atom. The summed E-state index contributed by atoms with van der Waals surface area (Å²) in [6.45, 7) is 7.01. The van der Waals surface area contributed by atoms with Crippen LogP contribution in [-0.4, -0.2) is 18.1 Å². The van der Waals surface area contributed by atoms with Crippen molar-refractivity contribution in [2.45, 2.75) is 39.2 Å². The third kappa shape index (κ3) is 5.48. The SMILES string of the molecule is CCCCOc1ccc(CNCC(C)c2nccs2)cc1. The zero-order valence-electron chi connectivity index (χ0n) is 12.8. The van der Waals surface area contributed by atoms with Gasteiger partial charge in [-0.25, -0.2) is 4.98 Å². The van der Waals surface area contributed by atoms with Gasteiger partial charge in [0.15, 0.2) is 0 Å². The quantitative estimate of drug-likeness (QED) is 0.704. The smallest absolute Gasteiger partial charge is 0.119 e. The van der Waals surface area contributed by atoms with Crippen LogP contribution in [0.2, 0.25) is 0 Å². The first kappa shape index (κ1) is 16.0. The molecular formula is C17H24N2OS. The second-order valence-corrected chi connectivity index (χ2v) is 6.17. The minimum Gasteiger partial charge on any atom is -0.494 e. The molecule has 1 unspecified atom stereocenters. The topological polar surface area (TPSA) is 34.1 Å². The third-order valence-electron chi connectivity index (χ3n) is 3.34. The Kier molecular flexibility index (Phi) is 6.70. The van der Waals surface area contributed by atoms with Gasteiger partial charge in [0.2, 0.25) is 0 Å². The van der Waals surface area contributed by atoms with E-state index in [2.05, 4.69) is 48.4 Å². The number of nitrogens with one attached hydrogen (secondary N) is 1. The Morgan fingerprint density at radius 3 is 2.76 bits per heavy atom. The van der Waals surface area contributed by atoms with Crippen molar-refractivity contribution in [3.63, 3.8) is 0 Å². The molecule has 0 amide bonds. The summed E-state index contributed by atoms with van der Waals surface area (Å²) in [5.74, 6) is 1.42. The molecule has 0 aliphatic carbocycles. The number of unbranched alkanes of at least 4 members (excludes halogenated alkanes) is 1. The molecule has 0 bridgehead atoms. The van der Waals surface area contributed by atoms with E-state index in [1.54, 1.807) is 11.3 Å². The average Bonchev–Trinajstić information content (AvgIpc) is 3.03. The van der Waals surface area contributed by atoms with E-state index in [0.717, 1.165) is 31.9 Å². The first-order chi connectivity index (χ1) is 10.3. The molecule has 0 fully saturated rings. The Labute approximate surface area is 131 Å². The van der Waals surface area contributed by atoms with Crippen molar-refractivity contribution in [2.24, 2.45) is 0 Å². The van der Waals surface area contributed by atoms with Crippen molar-refractivity contribution in [1.82, 2.24) is 10.3 Å². The lowest BCUT2D eigenvalue weighted by Gasteiger charge is -2.11. The second-order valence-electron chi connectivity index (χ2n) is 5.25. The van der Waals surface area contributed by atoms with Crippen molar-refractivity contribution in [3.8, 4) is 5.75 Å². The van der Waals surface area contributed by atoms with E-state index in [9.17, 15) is 0 Å². The van der Waals surface area contributed by atoms with Crippen LogP contribution in [0.1, 0.15) is 43.2 Å². The van der Waals surface area contributed by atoms with Gasteiger partial charge in [-0.15, -0.1) is 11.3 Å². The van der Waals surface area contributed by atoms with Crippen molar-refractivity contribution < 1.29 is 4.74 Å². The highest BCUT2D eigenvalue weighted by Gasteiger charge is 2.07. The Morgan fingerprint density at radius 2 is 2.10 bits per heavy atom. The van der Waals surface area contributed by atoms with Crippen LogP contribution >= 0.6 is 11.3 Å². The summed E-state index contributed by atoms with van der Waals surface area (Å²) in [5, 5.41) is 6.71. The fraction of sp³-hybridized carbons (Fsp3) is 0.471. The molecule has 1 heterocycles. The normalized spacial score (nSPS) is 12.3. The van der Waals surface area contributed by atoms with Gasteiger partial charge in [-0.2, -0.15) is 0 Å². The number of nitrogens with zero attached hydrogens (tertiary/aromatic N) is 1. The molecule has 0 saturated carbocycles. The summed E-state index contributed by atoms with van der Waals surface area (Å²) >= 11 is 1.72. The van der Waals surface area contributed by atoms with Crippen LogP contribution in [0, 0.1) is 0 Å². The van der Waals surface area contributed by atoms with Gasteiger partial charge < -0.3 is 10.1 Å². The molecule has 0 radical (unpaired) electrons. The van der Waals surface area contributed by atoms with Crippen LogP contribution in [0.15, 0.2) is 35.8 Å². The average molecular weight is 304 g/mol. The Balaban J connectivity index is 1.71. The van der Waals surface area contributed by atoms with Gasteiger partial charge in [0.1, 0.15) is 5.75 Å². The molecule has 0 spiro atoms. The molecule has 0 saturated heterocycles. The maximum atomic E-state index is 5.67. The Bertz CT molecular complexity index is 496. The first-order valence-electron chi connectivity index (χ1n) is 7.61. The molecule has 0 aliphatic heterocycles. The van der Waals surface area contributed by atoms with E-state index in [-0.39, 0.29) is 0 Å². The van der Waals surface area contributed by atoms with Crippen molar-refractivity contribution >= 4 is 11.3 Å². The molecule has 1 atom stereocenters. The minimum absolute atomic E-state index is 0.460. The van der Waals surface area contributed by atoms with E-state index in [0.29, 0.717) is 5.92 Å². The lowest BCUT2D eigenvalue weighted by molar-refractivity contribution is 0.309. The van der Waals surface area contributed by atoms with Crippen molar-refractivity contribution in [2.75, 3.05) is 13.2 Å². The van der Waals surface area contributed by atoms with Crippen LogP contribution in [0.5, 0.6) is 5.75 Å². The summed E-state index contributed by atoms with van der Waals surface area (Å²) in [6, 6.07) is 8.36. The number of ether oxygens (including phenoxy) is 1. The molecular weight excluding hydrogens is 280 g/mol. The molecule has 114 valence electrons. The number of hydrogen-bond donors (Lipinski definition) is 1. The van der Waals surface area contributed by atoms with Gasteiger partial charge in [-0.05, 0) is 24.1 Å². The lowest BCUT2D eigenvalue weighted by atomic mass is 10.1. The van der Waals surface area contributed by atoms with Crippen molar-refractivity contribution in [1.29, 1.82) is 0 Å². The van der Waals surface area contributed by atoms with Gasteiger partial charge in [0, 0.05) is 30.6 Å². The molecule has 2 rings (SSSR count). The lowest BCUT2D eigenvalue weighted by Crippen LogP contribution is -2.19. The number of aromatic nitrogens is 1. The molecule has 3 nitrogen and oxygen atoms in total. The molecule has 1 aromatic carbocycles. The predicted molar refractivity (Wildman–Crippen MR) is 89.1 cm³/mol. The second kappa shape index (κ2) is 8.80. The molecule has 21 heavy (non-hydrogen) atoms. The molecule has 4 heteroatoms. The first-order valence-corrected chi connectivity index (χ1v) is 8.49. The van der Waals surface area contributed by atoms with Crippen molar-refractivity contribution in [3.05, 3.63) is 46.4 Å². The summed E-state index contributed by atoms with van der Waals surface area (Å²) < 4.78 is 5.67. The number of hydrogen-bond acceptors (Lipinski definition) is 4. The fourth-order valence-electron chi connectivity index (χ4n) is 2.04. The highest BCUT2D eigenvalue weighted by Crippen LogP contribution is 2.17. The van der Waals surface area contributed by atoms with E-state index < -0.39 is 0 Å². The molecule has 2 aromatic rings. The van der Waals surface area contributed by atoms with Gasteiger partial charge in [-0.3, -0.25) is 0 Å². The van der Waals surface area contributed by atoms with Crippen LogP contribution < -0.4 is 10.1 Å². The number of rotatable bonds is 9. The zero-order chi connectivity index (χ0) is 14.9. The summed E-state index contributed by atoms with van der Waals surface area (Å²) in [7, 11) is 0. The Hall–Kier alpha value is -1.39. The standard InChI is InChI=1S/C17H24N2OS/c1-3-4-10-20-16-7-5-15(6-8-16)13-18-12-14(2)17-19-9-11-21-17/h5-9,11,14,18H,3-4,10,12-13H2,1-2H3. The minimum atomic E-state index is 0.460. The number of thiazole rings is 1. The fourth-order valence-corrected chi connectivity index (χ4v) is 2.73. The van der Waals surface area contributed by atoms with E-state index in [1.807, 2.05) is 11.6 Å². The zero-order valence-corrected chi connectivity index (χ0v) is 13.7. The molecule has 1 aromatic heterocycles. The third-order valence-corrected chi connectivity index (χ3v) is 4.35. The van der Waals surface area contributed by atoms with E-state index in [4.69, 9.17) is 4.74 Å². The van der Waals surface area contributed by atoms with Gasteiger partial charge in [-0.1, -0.05) is 32.4 Å². The molecule has 0 aliphatic rings. The largest absolute Gasteiger partial charge is 0.494 e. The van der Waals surface area contributed by atoms with Crippen LogP contribution in [0.25, 0.3) is 0 Å². The summed E-state index contributed by atoms with van der Waals surface area (Å²) in [4.78, 5) is 4.35. The van der Waals surface area contributed by atoms with Crippen LogP contribution in [0.4, 0.5) is 0 Å². The van der Waals surface area contributed by atoms with Gasteiger partial charge >= 0.3 is 0 Å². The maximum Gasteiger partial charge on any atom is 0.119 e. The van der Waals surface area contributed by atoms with Crippen LogP contribution in [-0.2, 0) is 6.54 Å². The highest BCUT2D eigenvalue weighted by atomic mass is 32.1. The van der Waals surface area contributed by atoms with Crippen LogP contribution in [0.3, 0.4) is 0 Å². The van der Waals surface area contributed by atoms with Gasteiger partial charge in [0.25, 0.3) is 0 Å². The predicted octanol–water partition coefficient (Wildman–Crippen LogP) is 4.22. The summed E-state index contributed by atoms with van der Waals surface area (Å²) in [5.41, 5.74) is 1.28. The number of benzene rings is 1. The summed E-state index contributed by atoms with van der Waals surface area (Å²) in [6.07, 6.45) is 4.14. The monoisotopic (exact) mass is 304 g/mol. The molecule has 1 N–H and O–H groups in total. The maximum absolute atomic E-state index is 5.67. The highest BCUT2D eigenvalue weighted by molar-refractivity contribution is 7.09. The van der Waals surface area contributed by atoms with E-state index >= 15 is 0 Å².